The highest BCUT2D eigenvalue weighted by atomic mass is 16.2. The second-order valence-electron chi connectivity index (χ2n) is 6.67. The van der Waals surface area contributed by atoms with Crippen LogP contribution in [0.15, 0.2) is 60.8 Å². The predicted molar refractivity (Wildman–Crippen MR) is 97.1 cm³/mol. The van der Waals surface area contributed by atoms with Crippen molar-refractivity contribution in [3.8, 4) is 0 Å². The second kappa shape index (κ2) is 6.52. The molecule has 1 fully saturated rings. The van der Waals surface area contributed by atoms with E-state index in [9.17, 15) is 4.79 Å². The average Bonchev–Trinajstić information content (AvgIpc) is 3.11. The van der Waals surface area contributed by atoms with Crippen LogP contribution in [0.2, 0.25) is 0 Å². The lowest BCUT2D eigenvalue weighted by atomic mass is 9.90. The van der Waals surface area contributed by atoms with Crippen LogP contribution in [0.1, 0.15) is 28.8 Å². The lowest BCUT2D eigenvalue weighted by molar-refractivity contribution is 0.0692. The Labute approximate surface area is 142 Å². The molecule has 122 valence electrons. The van der Waals surface area contributed by atoms with Crippen molar-refractivity contribution in [3.05, 3.63) is 71.9 Å². The van der Waals surface area contributed by atoms with Crippen molar-refractivity contribution in [2.75, 3.05) is 13.1 Å². The summed E-state index contributed by atoms with van der Waals surface area (Å²) in [5.74, 6) is 0.845. The first-order valence-electron chi connectivity index (χ1n) is 8.70. The van der Waals surface area contributed by atoms with Crippen molar-refractivity contribution in [3.63, 3.8) is 0 Å². The van der Waals surface area contributed by atoms with Gasteiger partial charge in [-0.25, -0.2) is 0 Å². The van der Waals surface area contributed by atoms with Crippen molar-refractivity contribution in [1.29, 1.82) is 0 Å². The topological polar surface area (TPSA) is 36.1 Å². The monoisotopic (exact) mass is 318 g/mol. The van der Waals surface area contributed by atoms with Gasteiger partial charge in [-0.3, -0.25) is 4.79 Å². The van der Waals surface area contributed by atoms with E-state index in [0.717, 1.165) is 48.8 Å². The van der Waals surface area contributed by atoms with Gasteiger partial charge in [0.05, 0.1) is 0 Å². The number of hydrogen-bond acceptors (Lipinski definition) is 1. The highest BCUT2D eigenvalue weighted by Crippen LogP contribution is 2.25. The zero-order chi connectivity index (χ0) is 16.4. The molecule has 3 heteroatoms. The normalized spacial score (nSPS) is 15.8. The molecular weight excluding hydrogens is 296 g/mol. The minimum absolute atomic E-state index is 0.165. The van der Waals surface area contributed by atoms with E-state index < -0.39 is 0 Å². The SMILES string of the molecule is O=C(c1cccc2[nH]ccc12)N1CCC(Cc2ccccc2)CC1. The third-order valence-corrected chi connectivity index (χ3v) is 5.09. The number of likely N-dealkylation sites (tertiary alicyclic amines) is 1. The molecule has 1 N–H and O–H groups in total. The van der Waals surface area contributed by atoms with E-state index in [2.05, 4.69) is 35.3 Å². The first-order valence-corrected chi connectivity index (χ1v) is 8.70. The molecule has 0 aliphatic carbocycles. The van der Waals surface area contributed by atoms with Crippen LogP contribution in [-0.4, -0.2) is 28.9 Å². The fraction of sp³-hybridized carbons (Fsp3) is 0.286. The van der Waals surface area contributed by atoms with E-state index in [4.69, 9.17) is 0 Å². The zero-order valence-electron chi connectivity index (χ0n) is 13.7. The maximum Gasteiger partial charge on any atom is 0.254 e. The van der Waals surface area contributed by atoms with E-state index in [1.807, 2.05) is 35.4 Å². The number of aromatic amines is 1. The molecule has 2 heterocycles. The number of fused-ring (bicyclic) bond motifs is 1. The van der Waals surface area contributed by atoms with Gasteiger partial charge >= 0.3 is 0 Å². The molecule has 0 radical (unpaired) electrons. The molecule has 2 aromatic carbocycles. The molecule has 1 aromatic heterocycles. The highest BCUT2D eigenvalue weighted by Gasteiger charge is 2.24. The number of nitrogens with zero attached hydrogens (tertiary/aromatic N) is 1. The molecule has 1 aliphatic rings. The van der Waals surface area contributed by atoms with Crippen LogP contribution in [-0.2, 0) is 6.42 Å². The fourth-order valence-corrected chi connectivity index (χ4v) is 3.73. The Kier molecular flexibility index (Phi) is 4.08. The first kappa shape index (κ1) is 15.0. The summed E-state index contributed by atoms with van der Waals surface area (Å²) in [6.07, 6.45) is 5.19. The summed E-state index contributed by atoms with van der Waals surface area (Å²) < 4.78 is 0. The molecule has 1 amide bonds. The van der Waals surface area contributed by atoms with Gasteiger partial charge in [0, 0.05) is 35.8 Å². The van der Waals surface area contributed by atoms with Crippen LogP contribution in [0.3, 0.4) is 0 Å². The Morgan fingerprint density at radius 1 is 1.00 bits per heavy atom. The molecule has 1 aliphatic heterocycles. The lowest BCUT2D eigenvalue weighted by Crippen LogP contribution is -2.39. The fourth-order valence-electron chi connectivity index (χ4n) is 3.73. The summed E-state index contributed by atoms with van der Waals surface area (Å²) in [6.45, 7) is 1.72. The van der Waals surface area contributed by atoms with Crippen molar-refractivity contribution in [1.82, 2.24) is 9.88 Å². The van der Waals surface area contributed by atoms with Gasteiger partial charge in [0.2, 0.25) is 0 Å². The molecule has 0 spiro atoms. The molecule has 24 heavy (non-hydrogen) atoms. The van der Waals surface area contributed by atoms with Crippen LogP contribution in [0.4, 0.5) is 0 Å². The Bertz CT molecular complexity index is 829. The van der Waals surface area contributed by atoms with Crippen molar-refractivity contribution in [2.24, 2.45) is 5.92 Å². The number of rotatable bonds is 3. The minimum atomic E-state index is 0.165. The highest BCUT2D eigenvalue weighted by molar-refractivity contribution is 6.06. The summed E-state index contributed by atoms with van der Waals surface area (Å²) >= 11 is 0. The molecule has 3 aromatic rings. The standard InChI is InChI=1S/C21H22N2O/c24-21(19-7-4-8-20-18(19)9-12-22-20)23-13-10-17(11-14-23)15-16-5-2-1-3-6-16/h1-9,12,17,22H,10-11,13-15H2. The van der Waals surface area contributed by atoms with Crippen LogP contribution in [0.5, 0.6) is 0 Å². The Morgan fingerprint density at radius 2 is 1.79 bits per heavy atom. The Hall–Kier alpha value is -2.55. The smallest absolute Gasteiger partial charge is 0.254 e. The van der Waals surface area contributed by atoms with Crippen LogP contribution >= 0.6 is 0 Å². The number of carbonyl (C=O) groups excluding carboxylic acids is 1. The summed E-state index contributed by atoms with van der Waals surface area (Å²) in [4.78, 5) is 18.1. The van der Waals surface area contributed by atoms with Crippen LogP contribution in [0, 0.1) is 5.92 Å². The summed E-state index contributed by atoms with van der Waals surface area (Å²) in [5, 5.41) is 1.02. The van der Waals surface area contributed by atoms with Gasteiger partial charge in [0.1, 0.15) is 0 Å². The molecule has 0 saturated carbocycles. The first-order chi connectivity index (χ1) is 11.8. The summed E-state index contributed by atoms with van der Waals surface area (Å²) in [7, 11) is 0. The van der Waals surface area contributed by atoms with Crippen molar-refractivity contribution < 1.29 is 4.79 Å². The summed E-state index contributed by atoms with van der Waals surface area (Å²) in [6, 6.07) is 18.6. The minimum Gasteiger partial charge on any atom is -0.361 e. The van der Waals surface area contributed by atoms with E-state index in [1.54, 1.807) is 0 Å². The summed E-state index contributed by atoms with van der Waals surface area (Å²) in [5.41, 5.74) is 3.24. The molecule has 4 rings (SSSR count). The zero-order valence-corrected chi connectivity index (χ0v) is 13.7. The third kappa shape index (κ3) is 2.94. The van der Waals surface area contributed by atoms with E-state index in [-0.39, 0.29) is 5.91 Å². The van der Waals surface area contributed by atoms with Gasteiger partial charge in [0.15, 0.2) is 0 Å². The number of aromatic nitrogens is 1. The van der Waals surface area contributed by atoms with Crippen molar-refractivity contribution >= 4 is 16.8 Å². The number of H-pyrrole nitrogens is 1. The number of piperidine rings is 1. The number of benzene rings is 2. The number of nitrogens with one attached hydrogen (secondary N) is 1. The van der Waals surface area contributed by atoms with E-state index in [0.29, 0.717) is 5.92 Å². The largest absolute Gasteiger partial charge is 0.361 e. The number of carbonyl (C=O) groups is 1. The number of amides is 1. The van der Waals surface area contributed by atoms with E-state index >= 15 is 0 Å². The van der Waals surface area contributed by atoms with Gasteiger partial charge in [0.25, 0.3) is 5.91 Å². The maximum atomic E-state index is 12.9. The average molecular weight is 318 g/mol. The van der Waals surface area contributed by atoms with Crippen LogP contribution < -0.4 is 0 Å². The second-order valence-corrected chi connectivity index (χ2v) is 6.67. The van der Waals surface area contributed by atoms with Gasteiger partial charge in [-0.1, -0.05) is 36.4 Å². The van der Waals surface area contributed by atoms with E-state index in [1.165, 1.54) is 5.56 Å². The predicted octanol–water partition coefficient (Wildman–Crippen LogP) is 4.26. The molecular formula is C21H22N2O. The van der Waals surface area contributed by atoms with Gasteiger partial charge in [-0.05, 0) is 48.9 Å². The number of hydrogen-bond donors (Lipinski definition) is 1. The quantitative estimate of drug-likeness (QED) is 0.769. The Morgan fingerprint density at radius 3 is 2.58 bits per heavy atom. The lowest BCUT2D eigenvalue weighted by Gasteiger charge is -2.32. The maximum absolute atomic E-state index is 12.9. The molecule has 3 nitrogen and oxygen atoms in total. The molecule has 0 unspecified atom stereocenters. The Balaban J connectivity index is 1.42. The third-order valence-electron chi connectivity index (χ3n) is 5.09. The van der Waals surface area contributed by atoms with Gasteiger partial charge in [-0.2, -0.15) is 0 Å². The van der Waals surface area contributed by atoms with Gasteiger partial charge in [-0.15, -0.1) is 0 Å². The van der Waals surface area contributed by atoms with Crippen LogP contribution in [0.25, 0.3) is 10.9 Å². The molecule has 1 saturated heterocycles. The van der Waals surface area contributed by atoms with Gasteiger partial charge < -0.3 is 9.88 Å². The van der Waals surface area contributed by atoms with Crippen molar-refractivity contribution in [2.45, 2.75) is 19.3 Å². The molecule has 0 atom stereocenters. The molecule has 0 bridgehead atoms.